The number of nitrogens with one attached hydrogen (secondary N) is 2. The molecule has 2 aromatic rings. The smallest absolute Gasteiger partial charge is 0.431 e. The van der Waals surface area contributed by atoms with Crippen LogP contribution < -0.4 is 21.3 Å². The largest absolute Gasteiger partial charge is 0.492 e. The number of alkyl halides is 3. The van der Waals surface area contributed by atoms with Crippen molar-refractivity contribution in [2.24, 2.45) is 5.73 Å². The lowest BCUT2D eigenvalue weighted by molar-refractivity contribution is -0.140. The van der Waals surface area contributed by atoms with Crippen LogP contribution in [0, 0.1) is 0 Å². The van der Waals surface area contributed by atoms with Crippen molar-refractivity contribution < 1.29 is 27.4 Å². The number of aromatic amines is 1. The van der Waals surface area contributed by atoms with Gasteiger partial charge in [0.2, 0.25) is 0 Å². The number of hydrogen-bond donors (Lipinski definition) is 3. The Labute approximate surface area is 176 Å². The van der Waals surface area contributed by atoms with Gasteiger partial charge in [-0.15, -0.1) is 0 Å². The van der Waals surface area contributed by atoms with E-state index >= 15 is 0 Å². The van der Waals surface area contributed by atoms with E-state index in [1.165, 1.54) is 24.3 Å². The molecule has 1 aromatic carbocycles. The highest BCUT2D eigenvalue weighted by Gasteiger charge is 2.45. The van der Waals surface area contributed by atoms with Gasteiger partial charge in [-0.1, -0.05) is 12.1 Å². The fraction of sp³-hybridized carbons (Fsp3) is 0.429. The van der Waals surface area contributed by atoms with Crippen LogP contribution in [0.3, 0.4) is 0 Å². The Bertz CT molecular complexity index is 1030. The fourth-order valence-corrected chi connectivity index (χ4v) is 3.35. The van der Waals surface area contributed by atoms with Crippen molar-refractivity contribution in [1.82, 2.24) is 10.3 Å². The van der Waals surface area contributed by atoms with E-state index in [1.807, 2.05) is 20.8 Å². The first kappa shape index (κ1) is 22.8. The predicted molar refractivity (Wildman–Crippen MR) is 108 cm³/mol. The maximum Gasteiger partial charge on any atom is 0.431 e. The molecule has 0 bridgehead atoms. The molecule has 0 radical (unpaired) electrons. The van der Waals surface area contributed by atoms with E-state index in [4.69, 9.17) is 15.2 Å². The fourth-order valence-electron chi connectivity index (χ4n) is 3.35. The van der Waals surface area contributed by atoms with Gasteiger partial charge >= 0.3 is 6.18 Å². The van der Waals surface area contributed by atoms with Gasteiger partial charge < -0.3 is 25.5 Å². The molecule has 10 heteroatoms. The van der Waals surface area contributed by atoms with Crippen LogP contribution in [-0.4, -0.2) is 41.8 Å². The molecule has 0 spiro atoms. The third kappa shape index (κ3) is 4.59. The number of ether oxygens (including phenoxy) is 2. The first-order chi connectivity index (χ1) is 14.3. The lowest BCUT2D eigenvalue weighted by atomic mass is 9.83. The SMILES string of the molecule is CC1(COc2ccc(-c3cc(C(N)=O)c(=O)[nH]c3C(F)(F)F)cc2)NCCOC1(C)C. The minimum absolute atomic E-state index is 0.143. The molecule has 2 heterocycles. The molecule has 3 rings (SSSR count). The van der Waals surface area contributed by atoms with Gasteiger partial charge in [0.25, 0.3) is 11.5 Å². The second-order valence-electron chi connectivity index (χ2n) is 8.09. The van der Waals surface area contributed by atoms with E-state index in [-0.39, 0.29) is 17.7 Å². The molecule has 1 aliphatic heterocycles. The molecule has 1 fully saturated rings. The van der Waals surface area contributed by atoms with Crippen LogP contribution in [-0.2, 0) is 10.9 Å². The molecular formula is C21H24F3N3O4. The number of morpholine rings is 1. The third-order valence-electron chi connectivity index (χ3n) is 5.69. The second kappa shape index (κ2) is 8.01. The van der Waals surface area contributed by atoms with Crippen molar-refractivity contribution in [3.8, 4) is 16.9 Å². The summed E-state index contributed by atoms with van der Waals surface area (Å²) in [5.41, 5.74) is 0.947. The minimum atomic E-state index is -4.83. The van der Waals surface area contributed by atoms with Crippen LogP contribution >= 0.6 is 0 Å². The lowest BCUT2D eigenvalue weighted by Crippen LogP contribution is -2.66. The number of H-pyrrole nitrogens is 1. The first-order valence-electron chi connectivity index (χ1n) is 9.61. The van der Waals surface area contributed by atoms with Crippen molar-refractivity contribution in [2.75, 3.05) is 19.8 Å². The average molecular weight is 439 g/mol. The number of nitrogens with two attached hydrogens (primary N) is 1. The molecule has 1 unspecified atom stereocenters. The minimum Gasteiger partial charge on any atom is -0.492 e. The molecule has 168 valence electrons. The van der Waals surface area contributed by atoms with E-state index in [0.717, 1.165) is 6.07 Å². The van der Waals surface area contributed by atoms with Crippen LogP contribution in [0.5, 0.6) is 5.75 Å². The van der Waals surface area contributed by atoms with Crippen LogP contribution in [0.4, 0.5) is 13.2 Å². The van der Waals surface area contributed by atoms with Crippen molar-refractivity contribution in [2.45, 2.75) is 38.1 Å². The number of halogens is 3. The Hall–Kier alpha value is -2.85. The average Bonchev–Trinajstić information content (AvgIpc) is 2.68. The van der Waals surface area contributed by atoms with Gasteiger partial charge in [0.1, 0.15) is 23.6 Å². The number of carbonyl (C=O) groups is 1. The van der Waals surface area contributed by atoms with E-state index in [2.05, 4.69) is 5.32 Å². The summed E-state index contributed by atoms with van der Waals surface area (Å²) in [6, 6.07) is 6.73. The zero-order chi connectivity index (χ0) is 23.0. The van der Waals surface area contributed by atoms with E-state index in [1.54, 1.807) is 4.98 Å². The summed E-state index contributed by atoms with van der Waals surface area (Å²) >= 11 is 0. The third-order valence-corrected chi connectivity index (χ3v) is 5.69. The highest BCUT2D eigenvalue weighted by atomic mass is 19.4. The Morgan fingerprint density at radius 1 is 1.23 bits per heavy atom. The molecule has 31 heavy (non-hydrogen) atoms. The van der Waals surface area contributed by atoms with Gasteiger partial charge in [0, 0.05) is 12.1 Å². The van der Waals surface area contributed by atoms with E-state index in [9.17, 15) is 22.8 Å². The first-order valence-corrected chi connectivity index (χ1v) is 9.61. The van der Waals surface area contributed by atoms with E-state index < -0.39 is 40.0 Å². The second-order valence-corrected chi connectivity index (χ2v) is 8.09. The molecule has 0 saturated carbocycles. The summed E-state index contributed by atoms with van der Waals surface area (Å²) in [5.74, 6) is -0.671. The quantitative estimate of drug-likeness (QED) is 0.664. The maximum atomic E-state index is 13.4. The zero-order valence-electron chi connectivity index (χ0n) is 17.4. The molecule has 0 aliphatic carbocycles. The standard InChI is InChI=1S/C21H24F3N3O4/c1-19(2)20(3,26-8-9-31-19)11-30-13-6-4-12(5-7-13)14-10-15(17(25)28)18(29)27-16(14)21(22,23)24/h4-7,10,26H,8-9,11H2,1-3H3,(H2,25,28)(H,27,29). The number of amides is 1. The Morgan fingerprint density at radius 2 is 1.87 bits per heavy atom. The normalized spacial score (nSPS) is 21.0. The number of rotatable bonds is 5. The summed E-state index contributed by atoms with van der Waals surface area (Å²) in [5, 5.41) is 3.39. The number of aromatic nitrogens is 1. The Kier molecular flexibility index (Phi) is 5.90. The summed E-state index contributed by atoms with van der Waals surface area (Å²) in [6.07, 6.45) is -4.83. The van der Waals surface area contributed by atoms with E-state index in [0.29, 0.717) is 18.9 Å². The highest BCUT2D eigenvalue weighted by Crippen LogP contribution is 2.36. The van der Waals surface area contributed by atoms with Crippen LogP contribution in [0.1, 0.15) is 36.8 Å². The van der Waals surface area contributed by atoms with Gasteiger partial charge in [-0.25, -0.2) is 0 Å². The van der Waals surface area contributed by atoms with Gasteiger partial charge in [-0.05, 0) is 44.5 Å². The summed E-state index contributed by atoms with van der Waals surface area (Å²) in [6.45, 7) is 7.43. The number of pyridine rings is 1. The molecule has 7 nitrogen and oxygen atoms in total. The van der Waals surface area contributed by atoms with Gasteiger partial charge in [-0.3, -0.25) is 9.59 Å². The van der Waals surface area contributed by atoms with Crippen molar-refractivity contribution in [3.05, 3.63) is 51.9 Å². The number of primary amides is 1. The number of hydrogen-bond acceptors (Lipinski definition) is 5. The summed E-state index contributed by atoms with van der Waals surface area (Å²) in [4.78, 5) is 24.9. The number of benzene rings is 1. The number of carbonyl (C=O) groups excluding carboxylic acids is 1. The van der Waals surface area contributed by atoms with Gasteiger partial charge in [0.15, 0.2) is 0 Å². The molecule has 4 N–H and O–H groups in total. The lowest BCUT2D eigenvalue weighted by Gasteiger charge is -2.47. The van der Waals surface area contributed by atoms with Crippen LogP contribution in [0.25, 0.3) is 11.1 Å². The van der Waals surface area contributed by atoms with Crippen molar-refractivity contribution >= 4 is 5.91 Å². The van der Waals surface area contributed by atoms with Crippen LogP contribution in [0.2, 0.25) is 0 Å². The van der Waals surface area contributed by atoms with Gasteiger partial charge in [0.05, 0.1) is 17.7 Å². The zero-order valence-corrected chi connectivity index (χ0v) is 17.4. The molecule has 1 saturated heterocycles. The molecule has 1 aromatic heterocycles. The topological polar surface area (TPSA) is 106 Å². The molecular weight excluding hydrogens is 415 g/mol. The molecule has 1 aliphatic rings. The van der Waals surface area contributed by atoms with Crippen LogP contribution in [0.15, 0.2) is 35.1 Å². The predicted octanol–water partition coefficient (Wildman–Crippen LogP) is 2.70. The Balaban J connectivity index is 1.89. The monoisotopic (exact) mass is 439 g/mol. The highest BCUT2D eigenvalue weighted by molar-refractivity contribution is 5.94. The van der Waals surface area contributed by atoms with Gasteiger partial charge in [-0.2, -0.15) is 13.2 Å². The summed E-state index contributed by atoms with van der Waals surface area (Å²) < 4.78 is 52.0. The molecule has 1 atom stereocenters. The summed E-state index contributed by atoms with van der Waals surface area (Å²) in [7, 11) is 0. The Morgan fingerprint density at radius 3 is 2.42 bits per heavy atom. The van der Waals surface area contributed by atoms with Crippen molar-refractivity contribution in [3.63, 3.8) is 0 Å². The molecule has 1 amide bonds. The van der Waals surface area contributed by atoms with Crippen molar-refractivity contribution in [1.29, 1.82) is 0 Å². The maximum absolute atomic E-state index is 13.4.